The van der Waals surface area contributed by atoms with Gasteiger partial charge in [0.05, 0.1) is 12.3 Å². The molecule has 1 aliphatic rings. The number of hydrogen-bond donors (Lipinski definition) is 1. The SMILES string of the molecule is CCCCOc1cccc(CN2CCN(C(=O)c3ccc(N[S+]([O-])c4cccc5cccnc45)cc3)CC2)c1. The zero-order valence-electron chi connectivity index (χ0n) is 22.2. The largest absolute Gasteiger partial charge is 0.588 e. The van der Waals surface area contributed by atoms with Crippen LogP contribution in [0.25, 0.3) is 10.9 Å². The molecule has 0 radical (unpaired) electrons. The Kier molecular flexibility index (Phi) is 8.98. The van der Waals surface area contributed by atoms with Crippen molar-refractivity contribution in [3.05, 3.63) is 96.2 Å². The van der Waals surface area contributed by atoms with Crippen LogP contribution in [0.5, 0.6) is 5.75 Å². The Morgan fingerprint density at radius 3 is 2.56 bits per heavy atom. The highest BCUT2D eigenvalue weighted by Crippen LogP contribution is 2.24. The number of ether oxygens (including phenoxy) is 1. The van der Waals surface area contributed by atoms with Crippen LogP contribution < -0.4 is 9.46 Å². The van der Waals surface area contributed by atoms with Gasteiger partial charge in [-0.15, -0.1) is 0 Å². The van der Waals surface area contributed by atoms with E-state index in [4.69, 9.17) is 4.74 Å². The van der Waals surface area contributed by atoms with Crippen molar-refractivity contribution < 1.29 is 14.1 Å². The van der Waals surface area contributed by atoms with Crippen molar-refractivity contribution in [1.82, 2.24) is 14.8 Å². The number of anilines is 1. The molecule has 1 aromatic heterocycles. The number of piperazine rings is 1. The van der Waals surface area contributed by atoms with Crippen LogP contribution >= 0.6 is 0 Å². The molecule has 0 aliphatic carbocycles. The van der Waals surface area contributed by atoms with Crippen LogP contribution in [0.15, 0.2) is 90.0 Å². The van der Waals surface area contributed by atoms with Gasteiger partial charge in [0.1, 0.15) is 22.6 Å². The number of unbranched alkanes of at least 4 members (excludes halogenated alkanes) is 1. The lowest BCUT2D eigenvalue weighted by Gasteiger charge is -2.34. The van der Waals surface area contributed by atoms with Gasteiger partial charge < -0.3 is 14.2 Å². The molecule has 2 heterocycles. The van der Waals surface area contributed by atoms with Gasteiger partial charge in [0, 0.05) is 49.9 Å². The fourth-order valence-corrected chi connectivity index (χ4v) is 5.69. The third-order valence-electron chi connectivity index (χ3n) is 6.87. The second-order valence-electron chi connectivity index (χ2n) is 9.70. The number of para-hydroxylation sites is 1. The van der Waals surface area contributed by atoms with Gasteiger partial charge in [-0.1, -0.05) is 43.7 Å². The summed E-state index contributed by atoms with van der Waals surface area (Å²) in [7, 11) is 0. The van der Waals surface area contributed by atoms with Crippen LogP contribution in [-0.4, -0.2) is 58.0 Å². The Bertz CT molecular complexity index is 1390. The molecule has 1 N–H and O–H groups in total. The summed E-state index contributed by atoms with van der Waals surface area (Å²) < 4.78 is 21.9. The fourth-order valence-electron chi connectivity index (χ4n) is 4.69. The summed E-state index contributed by atoms with van der Waals surface area (Å²) in [6.45, 7) is 6.77. The molecular formula is C31H34N4O3S. The molecule has 1 unspecified atom stereocenters. The number of hydrogen-bond acceptors (Lipinski definition) is 6. The van der Waals surface area contributed by atoms with Gasteiger partial charge in [-0.05, 0) is 60.5 Å². The van der Waals surface area contributed by atoms with Crippen LogP contribution in [-0.2, 0) is 17.9 Å². The van der Waals surface area contributed by atoms with E-state index >= 15 is 0 Å². The average molecular weight is 543 g/mol. The van der Waals surface area contributed by atoms with Crippen molar-refractivity contribution in [2.24, 2.45) is 0 Å². The number of benzene rings is 3. The summed E-state index contributed by atoms with van der Waals surface area (Å²) in [5, 5.41) is 0.941. The van der Waals surface area contributed by atoms with Crippen molar-refractivity contribution in [3.8, 4) is 5.75 Å². The Balaban J connectivity index is 1.13. The predicted octanol–water partition coefficient (Wildman–Crippen LogP) is 5.51. The first-order valence-electron chi connectivity index (χ1n) is 13.5. The smallest absolute Gasteiger partial charge is 0.253 e. The summed E-state index contributed by atoms with van der Waals surface area (Å²) >= 11 is -1.48. The van der Waals surface area contributed by atoms with E-state index < -0.39 is 11.4 Å². The second-order valence-corrected chi connectivity index (χ2v) is 10.9. The van der Waals surface area contributed by atoms with Gasteiger partial charge >= 0.3 is 0 Å². The average Bonchev–Trinajstić information content (AvgIpc) is 2.98. The standard InChI is InChI=1S/C31H34N4O3S/c1-2-3-21-38-28-10-4-7-24(22-28)23-34-17-19-35(20-18-34)31(36)26-12-14-27(15-13-26)33-39(37)29-11-5-8-25-9-6-16-32-30(25)29/h4-16,22,33H,2-3,17-21,23H2,1H3. The molecule has 39 heavy (non-hydrogen) atoms. The van der Waals surface area contributed by atoms with E-state index in [1.807, 2.05) is 47.4 Å². The minimum absolute atomic E-state index is 0.0203. The maximum Gasteiger partial charge on any atom is 0.253 e. The molecule has 3 aromatic carbocycles. The third kappa shape index (κ3) is 6.89. The lowest BCUT2D eigenvalue weighted by molar-refractivity contribution is 0.0628. The topological polar surface area (TPSA) is 80.8 Å². The lowest BCUT2D eigenvalue weighted by atomic mass is 10.1. The van der Waals surface area contributed by atoms with E-state index in [1.165, 1.54) is 5.56 Å². The second kappa shape index (κ2) is 13.0. The van der Waals surface area contributed by atoms with Gasteiger partial charge in [0.25, 0.3) is 5.91 Å². The molecule has 1 fully saturated rings. The monoisotopic (exact) mass is 542 g/mol. The Hall–Kier alpha value is -3.59. The van der Waals surface area contributed by atoms with Crippen LogP contribution in [0.3, 0.4) is 0 Å². The van der Waals surface area contributed by atoms with Crippen LogP contribution in [0.1, 0.15) is 35.7 Å². The number of nitrogens with zero attached hydrogens (tertiary/aromatic N) is 3. The molecule has 0 saturated carbocycles. The van der Waals surface area contributed by atoms with E-state index in [0.29, 0.717) is 34.8 Å². The van der Waals surface area contributed by atoms with E-state index in [9.17, 15) is 9.35 Å². The fraction of sp³-hybridized carbons (Fsp3) is 0.290. The number of rotatable bonds is 10. The molecule has 0 bridgehead atoms. The summed E-state index contributed by atoms with van der Waals surface area (Å²) in [5.41, 5.74) is 3.25. The van der Waals surface area contributed by atoms with Gasteiger partial charge in [0.2, 0.25) is 4.90 Å². The van der Waals surface area contributed by atoms with E-state index in [1.54, 1.807) is 30.5 Å². The molecule has 1 aliphatic heterocycles. The molecule has 1 amide bonds. The molecule has 5 rings (SSSR count). The number of amides is 1. The first-order chi connectivity index (χ1) is 19.1. The number of carbonyl (C=O) groups excluding carboxylic acids is 1. The lowest BCUT2D eigenvalue weighted by Crippen LogP contribution is -2.48. The zero-order chi connectivity index (χ0) is 27.0. The first kappa shape index (κ1) is 27.0. The summed E-state index contributed by atoms with van der Waals surface area (Å²) in [4.78, 5) is 22.4. The van der Waals surface area contributed by atoms with E-state index in [2.05, 4.69) is 33.7 Å². The maximum atomic E-state index is 13.1. The van der Waals surface area contributed by atoms with Crippen LogP contribution in [0.2, 0.25) is 0 Å². The highest BCUT2D eigenvalue weighted by atomic mass is 32.2. The molecular weight excluding hydrogens is 508 g/mol. The quantitative estimate of drug-likeness (QED) is 0.210. The van der Waals surface area contributed by atoms with E-state index in [-0.39, 0.29) is 5.91 Å². The first-order valence-corrected chi connectivity index (χ1v) is 14.6. The van der Waals surface area contributed by atoms with Crippen molar-refractivity contribution in [2.45, 2.75) is 31.2 Å². The van der Waals surface area contributed by atoms with E-state index in [0.717, 1.165) is 50.2 Å². The Labute approximate surface area is 233 Å². The molecule has 7 nitrogen and oxygen atoms in total. The zero-order valence-corrected chi connectivity index (χ0v) is 23.0. The molecule has 0 spiro atoms. The van der Waals surface area contributed by atoms with Crippen molar-refractivity contribution >= 4 is 33.9 Å². The molecule has 4 aromatic rings. The molecule has 8 heteroatoms. The number of carbonyl (C=O) groups is 1. The van der Waals surface area contributed by atoms with Crippen molar-refractivity contribution in [2.75, 3.05) is 37.5 Å². The minimum Gasteiger partial charge on any atom is -0.588 e. The summed E-state index contributed by atoms with van der Waals surface area (Å²) in [5.74, 6) is 0.942. The minimum atomic E-state index is -1.48. The van der Waals surface area contributed by atoms with Gasteiger partial charge in [-0.2, -0.15) is 0 Å². The summed E-state index contributed by atoms with van der Waals surface area (Å²) in [6, 6.07) is 24.9. The Morgan fingerprint density at radius 2 is 1.77 bits per heavy atom. The molecule has 1 saturated heterocycles. The number of nitrogens with one attached hydrogen (secondary N) is 1. The Morgan fingerprint density at radius 1 is 1.00 bits per heavy atom. The maximum absolute atomic E-state index is 13.1. The van der Waals surface area contributed by atoms with Gasteiger partial charge in [0.15, 0.2) is 0 Å². The number of pyridine rings is 1. The normalized spacial score (nSPS) is 14.8. The number of fused-ring (bicyclic) bond motifs is 1. The molecule has 1 atom stereocenters. The predicted molar refractivity (Wildman–Crippen MR) is 156 cm³/mol. The van der Waals surface area contributed by atoms with Crippen LogP contribution in [0.4, 0.5) is 5.69 Å². The molecule has 202 valence electrons. The van der Waals surface area contributed by atoms with Gasteiger partial charge in [-0.3, -0.25) is 14.7 Å². The van der Waals surface area contributed by atoms with Crippen LogP contribution in [0, 0.1) is 0 Å². The van der Waals surface area contributed by atoms with Gasteiger partial charge in [-0.25, -0.2) is 4.72 Å². The number of aromatic nitrogens is 1. The third-order valence-corrected chi connectivity index (χ3v) is 8.02. The van der Waals surface area contributed by atoms with Crippen molar-refractivity contribution in [3.63, 3.8) is 0 Å². The highest BCUT2D eigenvalue weighted by Gasteiger charge is 2.23. The van der Waals surface area contributed by atoms with Crippen molar-refractivity contribution in [1.29, 1.82) is 0 Å². The summed E-state index contributed by atoms with van der Waals surface area (Å²) in [6.07, 6.45) is 3.88. The highest BCUT2D eigenvalue weighted by molar-refractivity contribution is 7.93.